The molecule has 0 saturated carbocycles. The molecule has 3 nitrogen and oxygen atoms in total. The fraction of sp³-hybridized carbons (Fsp3) is 0.769. The highest BCUT2D eigenvalue weighted by Crippen LogP contribution is 2.12. The van der Waals surface area contributed by atoms with Gasteiger partial charge in [0.2, 0.25) is 0 Å². The third-order valence-electron chi connectivity index (χ3n) is 2.99. The molecule has 16 heavy (non-hydrogen) atoms. The number of hydrogen-bond donors (Lipinski definition) is 1. The van der Waals surface area contributed by atoms with Gasteiger partial charge in [0.25, 0.3) is 0 Å². The van der Waals surface area contributed by atoms with Crippen molar-refractivity contribution in [3.63, 3.8) is 0 Å². The number of aliphatic hydroxyl groups excluding tert-OH is 1. The molecule has 0 aromatic carbocycles. The number of rotatable bonds is 6. The molecule has 0 bridgehead atoms. The van der Waals surface area contributed by atoms with Crippen molar-refractivity contribution >= 4 is 0 Å². The molecule has 1 unspecified atom stereocenters. The molecule has 1 aromatic rings. The van der Waals surface area contributed by atoms with Crippen molar-refractivity contribution < 1.29 is 5.11 Å². The Labute approximate surface area is 98.5 Å². The van der Waals surface area contributed by atoms with Gasteiger partial charge in [0.05, 0.1) is 11.8 Å². The van der Waals surface area contributed by atoms with Crippen molar-refractivity contribution in [2.24, 2.45) is 5.92 Å². The first kappa shape index (κ1) is 13.2. The van der Waals surface area contributed by atoms with Crippen LogP contribution in [0.4, 0.5) is 0 Å². The highest BCUT2D eigenvalue weighted by atomic mass is 16.3. The zero-order valence-electron chi connectivity index (χ0n) is 10.9. The summed E-state index contributed by atoms with van der Waals surface area (Å²) in [4.78, 5) is 0. The zero-order chi connectivity index (χ0) is 12.1. The van der Waals surface area contributed by atoms with Crippen LogP contribution in [-0.4, -0.2) is 21.0 Å². The number of aromatic nitrogens is 2. The average molecular weight is 224 g/mol. The van der Waals surface area contributed by atoms with Crippen LogP contribution in [-0.2, 0) is 13.0 Å². The molecule has 0 aliphatic rings. The monoisotopic (exact) mass is 224 g/mol. The fourth-order valence-electron chi connectivity index (χ4n) is 1.90. The summed E-state index contributed by atoms with van der Waals surface area (Å²) in [5.41, 5.74) is 2.37. The first-order chi connectivity index (χ1) is 7.54. The molecule has 0 saturated heterocycles. The molecule has 0 aliphatic carbocycles. The number of aliphatic hydroxyl groups is 1. The first-order valence-electron chi connectivity index (χ1n) is 6.26. The Balaban J connectivity index is 2.42. The van der Waals surface area contributed by atoms with Gasteiger partial charge in [-0.3, -0.25) is 4.68 Å². The van der Waals surface area contributed by atoms with Gasteiger partial charge in [0.15, 0.2) is 0 Å². The van der Waals surface area contributed by atoms with Crippen LogP contribution in [0.15, 0.2) is 6.07 Å². The summed E-state index contributed by atoms with van der Waals surface area (Å²) in [6.45, 7) is 9.18. The summed E-state index contributed by atoms with van der Waals surface area (Å²) < 4.78 is 2.05. The minimum atomic E-state index is -0.168. The molecule has 1 rings (SSSR count). The van der Waals surface area contributed by atoms with E-state index in [1.165, 1.54) is 5.69 Å². The lowest BCUT2D eigenvalue weighted by molar-refractivity contribution is 0.114. The third kappa shape index (κ3) is 3.63. The van der Waals surface area contributed by atoms with Crippen molar-refractivity contribution in [1.82, 2.24) is 9.78 Å². The fourth-order valence-corrected chi connectivity index (χ4v) is 1.90. The van der Waals surface area contributed by atoms with Gasteiger partial charge in [-0.05, 0) is 45.1 Å². The molecular formula is C13H24N2O. The van der Waals surface area contributed by atoms with E-state index in [-0.39, 0.29) is 6.10 Å². The van der Waals surface area contributed by atoms with Gasteiger partial charge in [-0.25, -0.2) is 0 Å². The molecule has 0 spiro atoms. The minimum absolute atomic E-state index is 0.168. The number of aryl methyl sites for hydroxylation is 3. The van der Waals surface area contributed by atoms with Gasteiger partial charge in [-0.1, -0.05) is 13.8 Å². The maximum absolute atomic E-state index is 9.71. The molecule has 0 fully saturated rings. The summed E-state index contributed by atoms with van der Waals surface area (Å²) in [6, 6.07) is 2.14. The molecular weight excluding hydrogens is 200 g/mol. The summed E-state index contributed by atoms with van der Waals surface area (Å²) in [5, 5.41) is 14.1. The van der Waals surface area contributed by atoms with Gasteiger partial charge >= 0.3 is 0 Å². The van der Waals surface area contributed by atoms with Crippen LogP contribution < -0.4 is 0 Å². The maximum Gasteiger partial charge on any atom is 0.0596 e. The first-order valence-corrected chi connectivity index (χ1v) is 6.26. The quantitative estimate of drug-likeness (QED) is 0.806. The van der Waals surface area contributed by atoms with Crippen LogP contribution in [0.3, 0.4) is 0 Å². The van der Waals surface area contributed by atoms with Crippen molar-refractivity contribution in [2.45, 2.75) is 59.6 Å². The smallest absolute Gasteiger partial charge is 0.0596 e. The molecule has 92 valence electrons. The van der Waals surface area contributed by atoms with E-state index in [9.17, 15) is 5.11 Å². The summed E-state index contributed by atoms with van der Waals surface area (Å²) in [7, 11) is 0. The van der Waals surface area contributed by atoms with E-state index in [1.54, 1.807) is 0 Å². The predicted octanol–water partition coefficient (Wildman–Crippen LogP) is 2.55. The Kier molecular flexibility index (Phi) is 5.00. The van der Waals surface area contributed by atoms with Crippen LogP contribution in [0.5, 0.6) is 0 Å². The van der Waals surface area contributed by atoms with E-state index in [1.807, 2.05) is 6.92 Å². The lowest BCUT2D eigenvalue weighted by Gasteiger charge is -2.13. The Hall–Kier alpha value is -0.830. The highest BCUT2D eigenvalue weighted by Gasteiger charge is 2.10. The predicted molar refractivity (Wildman–Crippen MR) is 66.4 cm³/mol. The van der Waals surface area contributed by atoms with Crippen molar-refractivity contribution in [3.8, 4) is 0 Å². The largest absolute Gasteiger partial charge is 0.393 e. The van der Waals surface area contributed by atoms with Gasteiger partial charge in [-0.15, -0.1) is 0 Å². The van der Waals surface area contributed by atoms with Gasteiger partial charge in [0.1, 0.15) is 0 Å². The molecule has 1 aromatic heterocycles. The molecule has 0 aliphatic heterocycles. The van der Waals surface area contributed by atoms with E-state index in [0.717, 1.165) is 31.5 Å². The zero-order valence-corrected chi connectivity index (χ0v) is 10.9. The van der Waals surface area contributed by atoms with Crippen LogP contribution in [0, 0.1) is 12.8 Å². The lowest BCUT2D eigenvalue weighted by atomic mass is 10.0. The Morgan fingerprint density at radius 2 is 2.12 bits per heavy atom. The lowest BCUT2D eigenvalue weighted by Crippen LogP contribution is -2.14. The SMILES string of the molecule is CCn1nc(C)cc1CCCC(O)C(C)C. The van der Waals surface area contributed by atoms with Crippen molar-refractivity contribution in [2.75, 3.05) is 0 Å². The van der Waals surface area contributed by atoms with E-state index in [2.05, 4.69) is 36.6 Å². The molecule has 1 heterocycles. The second kappa shape index (κ2) is 6.04. The molecule has 1 N–H and O–H groups in total. The summed E-state index contributed by atoms with van der Waals surface area (Å²) in [6.07, 6.45) is 2.76. The summed E-state index contributed by atoms with van der Waals surface area (Å²) >= 11 is 0. The van der Waals surface area contributed by atoms with Crippen molar-refractivity contribution in [1.29, 1.82) is 0 Å². The van der Waals surface area contributed by atoms with Crippen LogP contribution in [0.25, 0.3) is 0 Å². The standard InChI is InChI=1S/C13H24N2O/c1-5-15-12(9-11(4)14-15)7-6-8-13(16)10(2)3/h9-10,13,16H,5-8H2,1-4H3. The second-order valence-electron chi connectivity index (χ2n) is 4.80. The van der Waals surface area contributed by atoms with E-state index in [0.29, 0.717) is 5.92 Å². The van der Waals surface area contributed by atoms with Gasteiger partial charge < -0.3 is 5.11 Å². The average Bonchev–Trinajstić information content (AvgIpc) is 2.58. The molecule has 0 amide bonds. The van der Waals surface area contributed by atoms with Crippen LogP contribution in [0.2, 0.25) is 0 Å². The number of nitrogens with zero attached hydrogens (tertiary/aromatic N) is 2. The van der Waals surface area contributed by atoms with Gasteiger partial charge in [0, 0.05) is 12.2 Å². The van der Waals surface area contributed by atoms with Crippen LogP contribution in [0.1, 0.15) is 45.0 Å². The normalized spacial score (nSPS) is 13.4. The minimum Gasteiger partial charge on any atom is -0.393 e. The van der Waals surface area contributed by atoms with Crippen LogP contribution >= 0.6 is 0 Å². The van der Waals surface area contributed by atoms with Gasteiger partial charge in [-0.2, -0.15) is 5.10 Å². The van der Waals surface area contributed by atoms with E-state index >= 15 is 0 Å². The Bertz CT molecular complexity index is 318. The van der Waals surface area contributed by atoms with E-state index in [4.69, 9.17) is 0 Å². The Morgan fingerprint density at radius 1 is 1.44 bits per heavy atom. The topological polar surface area (TPSA) is 38.0 Å². The molecule has 1 atom stereocenters. The Morgan fingerprint density at radius 3 is 2.69 bits per heavy atom. The van der Waals surface area contributed by atoms with E-state index < -0.39 is 0 Å². The third-order valence-corrected chi connectivity index (χ3v) is 2.99. The molecule has 3 heteroatoms. The summed E-state index contributed by atoms with van der Waals surface area (Å²) in [5.74, 6) is 0.359. The van der Waals surface area contributed by atoms with Crippen molar-refractivity contribution in [3.05, 3.63) is 17.5 Å². The molecule has 0 radical (unpaired) electrons. The highest BCUT2D eigenvalue weighted by molar-refractivity contribution is 5.08. The second-order valence-corrected chi connectivity index (χ2v) is 4.80. The maximum atomic E-state index is 9.71. The number of hydrogen-bond acceptors (Lipinski definition) is 2.